The summed E-state index contributed by atoms with van der Waals surface area (Å²) in [6.45, 7) is 2.18. The Kier molecular flexibility index (Phi) is 8.31. The number of ether oxygens (including phenoxy) is 1. The highest BCUT2D eigenvalue weighted by Gasteiger charge is 2.33. The molecule has 2 fully saturated rings. The average molecular weight is 620 g/mol. The number of carbonyl (C=O) groups excluding carboxylic acids is 2. The lowest BCUT2D eigenvalue weighted by Crippen LogP contribution is -2.53. The van der Waals surface area contributed by atoms with Crippen LogP contribution in [0.15, 0.2) is 67.1 Å². The molecule has 2 aliphatic carbocycles. The molecule has 1 unspecified atom stereocenters. The normalized spacial score (nSPS) is 21.1. The van der Waals surface area contributed by atoms with E-state index in [9.17, 15) is 9.59 Å². The Bertz CT molecular complexity index is 1740. The van der Waals surface area contributed by atoms with Crippen molar-refractivity contribution in [2.75, 3.05) is 25.9 Å². The monoisotopic (exact) mass is 619 g/mol. The van der Waals surface area contributed by atoms with Crippen LogP contribution in [0.1, 0.15) is 46.3 Å². The average Bonchev–Trinajstić information content (AvgIpc) is 3.78. The van der Waals surface area contributed by atoms with Crippen LogP contribution < -0.4 is 16.4 Å². The lowest BCUT2D eigenvalue weighted by atomic mass is 9.99. The quantitative estimate of drug-likeness (QED) is 0.261. The lowest BCUT2D eigenvalue weighted by molar-refractivity contribution is -0.130. The molecular formula is C36H41N7O3. The van der Waals surface area contributed by atoms with Crippen LogP contribution in [-0.2, 0) is 36.0 Å². The summed E-state index contributed by atoms with van der Waals surface area (Å²) in [5.41, 5.74) is 14.2. The molecule has 4 aromatic rings. The van der Waals surface area contributed by atoms with Gasteiger partial charge in [0.25, 0.3) is 5.91 Å². The van der Waals surface area contributed by atoms with E-state index in [2.05, 4.69) is 68.1 Å². The van der Waals surface area contributed by atoms with Gasteiger partial charge in [-0.15, -0.1) is 0 Å². The molecule has 1 aliphatic heterocycles. The first kappa shape index (κ1) is 30.1. The summed E-state index contributed by atoms with van der Waals surface area (Å²) < 4.78 is 8.05. The highest BCUT2D eigenvalue weighted by atomic mass is 16.5. The molecule has 1 saturated heterocycles. The Labute approximate surface area is 269 Å². The number of likely N-dealkylation sites (tertiary alicyclic amines) is 1. The molecular weight excluding hydrogens is 578 g/mol. The zero-order chi connectivity index (χ0) is 31.8. The van der Waals surface area contributed by atoms with Gasteiger partial charge in [0.1, 0.15) is 5.82 Å². The van der Waals surface area contributed by atoms with Gasteiger partial charge in [-0.3, -0.25) is 14.3 Å². The molecule has 238 valence electrons. The highest BCUT2D eigenvalue weighted by molar-refractivity contribution is 5.99. The van der Waals surface area contributed by atoms with Crippen molar-refractivity contribution in [2.45, 2.75) is 56.9 Å². The van der Waals surface area contributed by atoms with Gasteiger partial charge >= 0.3 is 0 Å². The van der Waals surface area contributed by atoms with Crippen molar-refractivity contribution in [1.29, 1.82) is 0 Å². The van der Waals surface area contributed by atoms with Gasteiger partial charge in [0.05, 0.1) is 36.4 Å². The van der Waals surface area contributed by atoms with Crippen LogP contribution in [0.2, 0.25) is 0 Å². The van der Waals surface area contributed by atoms with E-state index >= 15 is 0 Å². The predicted molar refractivity (Wildman–Crippen MR) is 177 cm³/mol. The van der Waals surface area contributed by atoms with E-state index in [0.29, 0.717) is 12.2 Å². The number of benzene rings is 2. The van der Waals surface area contributed by atoms with Crippen LogP contribution in [0, 0.1) is 5.92 Å². The number of aryl methyl sites for hydroxylation is 1. The molecule has 3 heterocycles. The molecule has 2 aromatic carbocycles. The van der Waals surface area contributed by atoms with E-state index in [4.69, 9.17) is 10.5 Å². The molecule has 10 nitrogen and oxygen atoms in total. The first-order valence-corrected chi connectivity index (χ1v) is 16.2. The summed E-state index contributed by atoms with van der Waals surface area (Å²) in [6, 6.07) is 17.0. The van der Waals surface area contributed by atoms with Crippen molar-refractivity contribution in [3.8, 4) is 22.3 Å². The van der Waals surface area contributed by atoms with E-state index in [1.807, 2.05) is 20.3 Å². The smallest absolute Gasteiger partial charge is 0.255 e. The second kappa shape index (κ2) is 12.7. The van der Waals surface area contributed by atoms with Crippen molar-refractivity contribution >= 4 is 17.6 Å². The van der Waals surface area contributed by atoms with E-state index in [1.165, 1.54) is 16.7 Å². The first-order valence-electron chi connectivity index (χ1n) is 16.2. The number of anilines is 1. The van der Waals surface area contributed by atoms with E-state index in [-0.39, 0.29) is 41.7 Å². The number of rotatable bonds is 9. The standard InChI is InChI=1S/C36H41N7O3/c1-42-18-29(19-42)35(44)40-30-13-25-11-10-24(12-26(25)14-30)23-8-6-22(7-9-23)21-46-33-5-3-4-32(33)41-36(45)31-15-27(16-38-34(31)37)28-17-39-43(2)20-28/h6-12,15-17,20,29-30,32-33H,3-5,13-14,18-19,21H2,1-2H3,(H2,37,38)(H,40,44)(H,41,45)/t30?,32-,33-/m0/s1. The van der Waals surface area contributed by atoms with Gasteiger partial charge < -0.3 is 26.0 Å². The van der Waals surface area contributed by atoms with Gasteiger partial charge in [0, 0.05) is 49.7 Å². The zero-order valence-electron chi connectivity index (χ0n) is 26.4. The molecule has 1 saturated carbocycles. The van der Waals surface area contributed by atoms with Crippen molar-refractivity contribution in [2.24, 2.45) is 13.0 Å². The molecule has 0 radical (unpaired) electrons. The molecule has 10 heteroatoms. The van der Waals surface area contributed by atoms with Gasteiger partial charge in [-0.05, 0) is 73.0 Å². The summed E-state index contributed by atoms with van der Waals surface area (Å²) in [5, 5.41) is 10.6. The zero-order valence-corrected chi connectivity index (χ0v) is 26.4. The third kappa shape index (κ3) is 6.41. The number of hydrogen-bond acceptors (Lipinski definition) is 7. The number of nitrogen functional groups attached to an aromatic ring is 1. The second-order valence-corrected chi connectivity index (χ2v) is 13.1. The number of pyridine rings is 1. The maximum absolute atomic E-state index is 13.3. The number of aromatic nitrogens is 3. The van der Waals surface area contributed by atoms with Crippen LogP contribution in [0.4, 0.5) is 5.82 Å². The number of amides is 2. The van der Waals surface area contributed by atoms with Gasteiger partial charge in [-0.2, -0.15) is 5.10 Å². The topological polar surface area (TPSA) is 127 Å². The molecule has 0 spiro atoms. The minimum absolute atomic E-state index is 0.0744. The third-order valence-electron chi connectivity index (χ3n) is 9.64. The number of carbonyl (C=O) groups is 2. The van der Waals surface area contributed by atoms with E-state index < -0.39 is 0 Å². The van der Waals surface area contributed by atoms with Crippen molar-refractivity contribution in [3.63, 3.8) is 0 Å². The second-order valence-electron chi connectivity index (χ2n) is 13.1. The summed E-state index contributed by atoms with van der Waals surface area (Å²) in [4.78, 5) is 32.2. The predicted octanol–water partition coefficient (Wildman–Crippen LogP) is 3.74. The number of fused-ring (bicyclic) bond motifs is 1. The summed E-state index contributed by atoms with van der Waals surface area (Å²) in [6.07, 6.45) is 9.70. The minimum Gasteiger partial charge on any atom is -0.383 e. The molecule has 3 atom stereocenters. The fraction of sp³-hybridized carbons (Fsp3) is 0.389. The SMILES string of the molecule is CN1CC(C(=O)NC2Cc3ccc(-c4ccc(CO[C@H]5CCC[C@@H]5NC(=O)c5cc(-c6cnn(C)c6)cnc5N)cc4)cc3C2)C1. The van der Waals surface area contributed by atoms with E-state index in [1.54, 1.807) is 23.1 Å². The fourth-order valence-corrected chi connectivity index (χ4v) is 7.00. The van der Waals surface area contributed by atoms with E-state index in [0.717, 1.165) is 67.4 Å². The van der Waals surface area contributed by atoms with Crippen LogP contribution in [0.25, 0.3) is 22.3 Å². The van der Waals surface area contributed by atoms with Crippen molar-refractivity contribution < 1.29 is 14.3 Å². The third-order valence-corrected chi connectivity index (χ3v) is 9.64. The Morgan fingerprint density at radius 1 is 0.913 bits per heavy atom. The number of nitrogens with two attached hydrogens (primary N) is 1. The first-order chi connectivity index (χ1) is 22.3. The molecule has 46 heavy (non-hydrogen) atoms. The Morgan fingerprint density at radius 3 is 2.46 bits per heavy atom. The molecule has 2 aromatic heterocycles. The van der Waals surface area contributed by atoms with Crippen LogP contribution in [-0.4, -0.2) is 69.8 Å². The van der Waals surface area contributed by atoms with Gasteiger partial charge in [0.15, 0.2) is 0 Å². The lowest BCUT2D eigenvalue weighted by Gasteiger charge is -2.35. The maximum Gasteiger partial charge on any atom is 0.255 e. The van der Waals surface area contributed by atoms with Crippen molar-refractivity contribution in [3.05, 3.63) is 89.4 Å². The van der Waals surface area contributed by atoms with Crippen molar-refractivity contribution in [1.82, 2.24) is 30.3 Å². The molecule has 0 bridgehead atoms. The highest BCUT2D eigenvalue weighted by Crippen LogP contribution is 2.30. The summed E-state index contributed by atoms with van der Waals surface area (Å²) in [7, 11) is 3.89. The maximum atomic E-state index is 13.3. The fourth-order valence-electron chi connectivity index (χ4n) is 7.00. The Morgan fingerprint density at radius 2 is 1.70 bits per heavy atom. The molecule has 7 rings (SSSR count). The number of hydrogen-bond donors (Lipinski definition) is 3. The molecule has 3 aliphatic rings. The summed E-state index contributed by atoms with van der Waals surface area (Å²) in [5.74, 6) is 0.277. The van der Waals surface area contributed by atoms with Gasteiger partial charge in [-0.25, -0.2) is 4.98 Å². The van der Waals surface area contributed by atoms with Gasteiger partial charge in [0.2, 0.25) is 5.91 Å². The number of nitrogens with zero attached hydrogens (tertiary/aromatic N) is 4. The minimum atomic E-state index is -0.241. The largest absolute Gasteiger partial charge is 0.383 e. The van der Waals surface area contributed by atoms with Crippen LogP contribution >= 0.6 is 0 Å². The van der Waals surface area contributed by atoms with Gasteiger partial charge in [-0.1, -0.05) is 42.5 Å². The molecule has 2 amide bonds. The number of nitrogens with one attached hydrogen (secondary N) is 2. The van der Waals surface area contributed by atoms with Crippen LogP contribution in [0.5, 0.6) is 0 Å². The Balaban J connectivity index is 0.931. The summed E-state index contributed by atoms with van der Waals surface area (Å²) >= 11 is 0. The van der Waals surface area contributed by atoms with Crippen LogP contribution in [0.3, 0.4) is 0 Å². The Hall–Kier alpha value is -4.54. The molecule has 4 N–H and O–H groups in total.